The summed E-state index contributed by atoms with van der Waals surface area (Å²) >= 11 is 0. The molecule has 4 heteroatoms. The van der Waals surface area contributed by atoms with Gasteiger partial charge in [0.15, 0.2) is 5.78 Å². The van der Waals surface area contributed by atoms with Crippen molar-refractivity contribution < 1.29 is 9.42 Å². The van der Waals surface area contributed by atoms with E-state index in [0.29, 0.717) is 16.6 Å². The van der Waals surface area contributed by atoms with Crippen LogP contribution in [0.15, 0.2) is 83.5 Å². The molecule has 0 radical (unpaired) electrons. The number of aromatic nitrogens is 2. The lowest BCUT2D eigenvalue weighted by molar-refractivity contribution is 0.104. The van der Waals surface area contributed by atoms with Gasteiger partial charge in [-0.2, -0.15) is 0 Å². The van der Waals surface area contributed by atoms with Crippen LogP contribution in [0.1, 0.15) is 15.9 Å². The number of hydrogen-bond acceptors (Lipinski definition) is 4. The number of carbonyl (C=O) groups excluding carboxylic acids is 1. The van der Waals surface area contributed by atoms with Crippen LogP contribution in [-0.4, -0.2) is 16.1 Å². The number of benzene rings is 3. The van der Waals surface area contributed by atoms with E-state index < -0.39 is 0 Å². The maximum Gasteiger partial charge on any atom is 0.185 e. The standard InChI is InChI=1S/C21H14N2O2/c24-21(13-7-15-6-12-19-20(14-15)23-25-22-19)18-10-8-17(9-11-18)16-4-2-1-3-5-16/h1-14H/b13-7+. The summed E-state index contributed by atoms with van der Waals surface area (Å²) in [5, 5.41) is 7.56. The quantitative estimate of drug-likeness (QED) is 0.400. The summed E-state index contributed by atoms with van der Waals surface area (Å²) in [4.78, 5) is 12.3. The fourth-order valence-corrected chi connectivity index (χ4v) is 2.63. The van der Waals surface area contributed by atoms with Gasteiger partial charge in [-0.05, 0) is 45.2 Å². The summed E-state index contributed by atoms with van der Waals surface area (Å²) in [5.74, 6) is -0.0435. The number of carbonyl (C=O) groups is 1. The Hall–Kier alpha value is -3.53. The van der Waals surface area contributed by atoms with E-state index in [2.05, 4.69) is 14.9 Å². The molecule has 0 saturated heterocycles. The molecule has 4 aromatic rings. The summed E-state index contributed by atoms with van der Waals surface area (Å²) in [6, 6.07) is 23.2. The molecule has 0 spiro atoms. The SMILES string of the molecule is O=C(/C=C/c1ccc2nonc2c1)c1ccc(-c2ccccc2)cc1. The number of nitrogens with zero attached hydrogens (tertiary/aromatic N) is 2. The highest BCUT2D eigenvalue weighted by Crippen LogP contribution is 2.20. The lowest BCUT2D eigenvalue weighted by Crippen LogP contribution is -1.93. The van der Waals surface area contributed by atoms with Gasteiger partial charge in [0.1, 0.15) is 11.0 Å². The fraction of sp³-hybridized carbons (Fsp3) is 0. The van der Waals surface area contributed by atoms with E-state index in [1.165, 1.54) is 0 Å². The first-order valence-corrected chi connectivity index (χ1v) is 7.90. The molecular weight excluding hydrogens is 312 g/mol. The van der Waals surface area contributed by atoms with E-state index >= 15 is 0 Å². The summed E-state index contributed by atoms with van der Waals surface area (Å²) < 4.78 is 4.67. The molecular formula is C21H14N2O2. The molecule has 4 nitrogen and oxygen atoms in total. The van der Waals surface area contributed by atoms with Crippen LogP contribution in [0.5, 0.6) is 0 Å². The molecule has 0 aliphatic heterocycles. The minimum absolute atomic E-state index is 0.0435. The molecule has 0 atom stereocenters. The highest BCUT2D eigenvalue weighted by Gasteiger charge is 2.04. The molecule has 0 amide bonds. The Balaban J connectivity index is 1.52. The molecule has 1 aromatic heterocycles. The highest BCUT2D eigenvalue weighted by molar-refractivity contribution is 6.07. The Kier molecular flexibility index (Phi) is 3.92. The van der Waals surface area contributed by atoms with Crippen LogP contribution in [-0.2, 0) is 0 Å². The first-order valence-electron chi connectivity index (χ1n) is 7.90. The second-order valence-corrected chi connectivity index (χ2v) is 5.65. The summed E-state index contributed by atoms with van der Waals surface area (Å²) in [6.07, 6.45) is 3.33. The van der Waals surface area contributed by atoms with E-state index in [1.54, 1.807) is 12.2 Å². The molecule has 0 aliphatic rings. The van der Waals surface area contributed by atoms with Crippen LogP contribution in [0.3, 0.4) is 0 Å². The van der Waals surface area contributed by atoms with E-state index in [-0.39, 0.29) is 5.78 Å². The van der Waals surface area contributed by atoms with E-state index in [9.17, 15) is 4.79 Å². The van der Waals surface area contributed by atoms with Gasteiger partial charge < -0.3 is 0 Å². The van der Waals surface area contributed by atoms with Crippen LogP contribution in [0.2, 0.25) is 0 Å². The zero-order valence-corrected chi connectivity index (χ0v) is 13.3. The van der Waals surface area contributed by atoms with Gasteiger partial charge in [-0.15, -0.1) is 0 Å². The van der Waals surface area contributed by atoms with Crippen LogP contribution >= 0.6 is 0 Å². The second kappa shape index (κ2) is 6.53. The average Bonchev–Trinajstić information content (AvgIpc) is 3.15. The van der Waals surface area contributed by atoms with E-state index in [1.807, 2.05) is 72.8 Å². The minimum Gasteiger partial charge on any atom is -0.289 e. The Bertz CT molecular complexity index is 1050. The molecule has 0 unspecified atom stereocenters. The molecule has 0 aliphatic carbocycles. The lowest BCUT2D eigenvalue weighted by Gasteiger charge is -2.02. The number of allylic oxidation sites excluding steroid dienone is 1. The van der Waals surface area contributed by atoms with Crippen molar-refractivity contribution in [3.05, 3.63) is 90.0 Å². The zero-order chi connectivity index (χ0) is 17.1. The Morgan fingerprint density at radius 2 is 1.52 bits per heavy atom. The number of rotatable bonds is 4. The number of fused-ring (bicyclic) bond motifs is 1. The zero-order valence-electron chi connectivity index (χ0n) is 13.3. The van der Waals surface area contributed by atoms with Crippen molar-refractivity contribution in [3.63, 3.8) is 0 Å². The summed E-state index contributed by atoms with van der Waals surface area (Å²) in [7, 11) is 0. The first-order chi connectivity index (χ1) is 12.3. The predicted octanol–water partition coefficient (Wildman–Crippen LogP) is 4.79. The van der Waals surface area contributed by atoms with E-state index in [0.717, 1.165) is 16.7 Å². The molecule has 0 bridgehead atoms. The largest absolute Gasteiger partial charge is 0.289 e. The summed E-state index contributed by atoms with van der Waals surface area (Å²) in [6.45, 7) is 0. The maximum absolute atomic E-state index is 12.3. The van der Waals surface area contributed by atoms with Crippen LogP contribution in [0.4, 0.5) is 0 Å². The van der Waals surface area contributed by atoms with Crippen molar-refractivity contribution >= 4 is 22.9 Å². The smallest absolute Gasteiger partial charge is 0.185 e. The maximum atomic E-state index is 12.3. The van der Waals surface area contributed by atoms with Gasteiger partial charge in [0, 0.05) is 5.56 Å². The Morgan fingerprint density at radius 1 is 0.800 bits per heavy atom. The second-order valence-electron chi connectivity index (χ2n) is 5.65. The van der Waals surface area contributed by atoms with Gasteiger partial charge in [0.25, 0.3) is 0 Å². The van der Waals surface area contributed by atoms with Gasteiger partial charge in [0.2, 0.25) is 0 Å². The average molecular weight is 326 g/mol. The van der Waals surface area contributed by atoms with Crippen molar-refractivity contribution in [2.75, 3.05) is 0 Å². The summed E-state index contributed by atoms with van der Waals surface area (Å²) in [5.41, 5.74) is 5.11. The van der Waals surface area contributed by atoms with Crippen LogP contribution in [0.25, 0.3) is 28.2 Å². The predicted molar refractivity (Wildman–Crippen MR) is 97.0 cm³/mol. The first kappa shape index (κ1) is 15.0. The van der Waals surface area contributed by atoms with E-state index in [4.69, 9.17) is 0 Å². The highest BCUT2D eigenvalue weighted by atomic mass is 16.6. The topological polar surface area (TPSA) is 56.0 Å². The Morgan fingerprint density at radius 3 is 2.32 bits per heavy atom. The molecule has 120 valence electrons. The van der Waals surface area contributed by atoms with Crippen LogP contribution < -0.4 is 0 Å². The fourth-order valence-electron chi connectivity index (χ4n) is 2.63. The van der Waals surface area contributed by atoms with Crippen molar-refractivity contribution in [2.45, 2.75) is 0 Å². The van der Waals surface area contributed by atoms with Crippen molar-refractivity contribution in [3.8, 4) is 11.1 Å². The molecule has 25 heavy (non-hydrogen) atoms. The third-order valence-corrected chi connectivity index (χ3v) is 3.98. The minimum atomic E-state index is -0.0435. The van der Waals surface area contributed by atoms with Gasteiger partial charge in [-0.25, -0.2) is 4.63 Å². The molecule has 0 fully saturated rings. The Labute approximate surface area is 144 Å². The van der Waals surface area contributed by atoms with Gasteiger partial charge >= 0.3 is 0 Å². The third kappa shape index (κ3) is 3.23. The molecule has 1 heterocycles. The van der Waals surface area contributed by atoms with Gasteiger partial charge in [0.05, 0.1) is 0 Å². The molecule has 0 saturated carbocycles. The normalized spacial score (nSPS) is 11.2. The van der Waals surface area contributed by atoms with Gasteiger partial charge in [-0.3, -0.25) is 4.79 Å². The van der Waals surface area contributed by atoms with Crippen molar-refractivity contribution in [1.29, 1.82) is 0 Å². The van der Waals surface area contributed by atoms with Crippen molar-refractivity contribution in [1.82, 2.24) is 10.3 Å². The van der Waals surface area contributed by atoms with Crippen molar-refractivity contribution in [2.24, 2.45) is 0 Å². The third-order valence-electron chi connectivity index (χ3n) is 3.98. The molecule has 0 N–H and O–H groups in total. The number of ketones is 1. The van der Waals surface area contributed by atoms with Gasteiger partial charge in [-0.1, -0.05) is 66.7 Å². The monoisotopic (exact) mass is 326 g/mol. The van der Waals surface area contributed by atoms with Crippen LogP contribution in [0, 0.1) is 0 Å². The lowest BCUT2D eigenvalue weighted by atomic mass is 10.0. The molecule has 4 rings (SSSR count). The molecule has 3 aromatic carbocycles. The number of hydrogen-bond donors (Lipinski definition) is 0.